The molecule has 0 aliphatic carbocycles. The molecule has 6 nitrogen and oxygen atoms in total. The number of carbonyl (C=O) groups excluding carboxylic acids is 1. The second-order valence-corrected chi connectivity index (χ2v) is 5.76. The minimum atomic E-state index is -0.306. The van der Waals surface area contributed by atoms with Gasteiger partial charge in [-0.3, -0.25) is 14.7 Å². The lowest BCUT2D eigenvalue weighted by Crippen LogP contribution is -2.27. The second-order valence-electron chi connectivity index (χ2n) is 5.37. The molecule has 2 aromatic rings. The number of methoxy groups -OCH3 is 1. The van der Waals surface area contributed by atoms with Gasteiger partial charge in [0.05, 0.1) is 24.7 Å². The summed E-state index contributed by atoms with van der Waals surface area (Å²) in [6.45, 7) is 3.73. The molecule has 1 N–H and O–H groups in total. The summed E-state index contributed by atoms with van der Waals surface area (Å²) in [5.41, 5.74) is 1.51. The predicted molar refractivity (Wildman–Crippen MR) is 102 cm³/mol. The number of rotatable bonds is 6. The zero-order chi connectivity index (χ0) is 18.4. The van der Waals surface area contributed by atoms with E-state index in [0.717, 1.165) is 12.0 Å². The number of para-hydroxylation sites is 1. The number of benzene rings is 1. The first-order valence-corrected chi connectivity index (χ1v) is 8.13. The van der Waals surface area contributed by atoms with E-state index >= 15 is 0 Å². The fourth-order valence-corrected chi connectivity index (χ4v) is 2.60. The van der Waals surface area contributed by atoms with E-state index in [1.165, 1.54) is 4.90 Å². The van der Waals surface area contributed by atoms with E-state index in [4.69, 9.17) is 16.3 Å². The lowest BCUT2D eigenvalue weighted by atomic mass is 10.1. The lowest BCUT2D eigenvalue weighted by Gasteiger charge is -2.27. The highest BCUT2D eigenvalue weighted by atomic mass is 35.5. The maximum Gasteiger partial charge on any atom is 0.215 e. The number of carbonyl (C=O) groups is 1. The number of aliphatic imine (C=N–C) groups is 1. The number of hydrogen-bond donors (Lipinski definition) is 1. The first kappa shape index (κ1) is 18.7. The van der Waals surface area contributed by atoms with Gasteiger partial charge in [-0.25, -0.2) is 4.98 Å². The largest absolute Gasteiger partial charge is 0.496 e. The zero-order valence-corrected chi connectivity index (χ0v) is 15.4. The number of pyridine rings is 1. The van der Waals surface area contributed by atoms with E-state index in [0.29, 0.717) is 28.2 Å². The lowest BCUT2D eigenvalue weighted by molar-refractivity contribution is -0.107. The minimum Gasteiger partial charge on any atom is -0.496 e. The Bertz CT molecular complexity index is 779. The van der Waals surface area contributed by atoms with Crippen molar-refractivity contribution < 1.29 is 9.53 Å². The van der Waals surface area contributed by atoms with Crippen LogP contribution in [-0.2, 0) is 4.79 Å². The van der Waals surface area contributed by atoms with Gasteiger partial charge in [-0.15, -0.1) is 0 Å². The van der Waals surface area contributed by atoms with Crippen molar-refractivity contribution in [2.75, 3.05) is 24.4 Å². The molecule has 0 fully saturated rings. The van der Waals surface area contributed by atoms with Crippen molar-refractivity contribution in [1.29, 1.82) is 0 Å². The molecule has 0 spiro atoms. The van der Waals surface area contributed by atoms with Gasteiger partial charge in [0.1, 0.15) is 10.9 Å². The molecular formula is C18H21ClN4O2. The van der Waals surface area contributed by atoms with Gasteiger partial charge in [0, 0.05) is 12.6 Å². The SMILES string of the molecule is CN=C(C)Nc1ccc(Cl)nc1N(C=O)C(C)c1ccccc1OC. The van der Waals surface area contributed by atoms with Crippen LogP contribution in [0.25, 0.3) is 0 Å². The molecule has 7 heteroatoms. The maximum atomic E-state index is 11.9. The second kappa shape index (κ2) is 8.48. The normalized spacial score (nSPS) is 12.4. The summed E-state index contributed by atoms with van der Waals surface area (Å²) in [6.07, 6.45) is 0.735. The van der Waals surface area contributed by atoms with Crippen LogP contribution < -0.4 is 15.0 Å². The standard InChI is InChI=1S/C18H21ClN4O2/c1-12(14-7-5-6-8-16(14)25-4)23(11-24)18-15(21-13(2)20-3)9-10-17(19)22-18/h5-12H,1-4H3,(H,20,21). The Morgan fingerprint density at radius 2 is 2.08 bits per heavy atom. The predicted octanol–water partition coefficient (Wildman–Crippen LogP) is 3.93. The molecule has 25 heavy (non-hydrogen) atoms. The first-order valence-electron chi connectivity index (χ1n) is 7.75. The van der Waals surface area contributed by atoms with E-state index in [2.05, 4.69) is 15.3 Å². The number of hydrogen-bond acceptors (Lipinski definition) is 4. The summed E-state index contributed by atoms with van der Waals surface area (Å²) in [6, 6.07) is 10.7. The molecule has 0 bridgehead atoms. The Morgan fingerprint density at radius 3 is 2.72 bits per heavy atom. The van der Waals surface area contributed by atoms with Crippen molar-refractivity contribution >= 4 is 35.4 Å². The summed E-state index contributed by atoms with van der Waals surface area (Å²) in [5, 5.41) is 3.43. The van der Waals surface area contributed by atoms with Crippen molar-refractivity contribution in [3.8, 4) is 5.75 Å². The van der Waals surface area contributed by atoms with Crippen molar-refractivity contribution in [2.45, 2.75) is 19.9 Å². The highest BCUT2D eigenvalue weighted by molar-refractivity contribution is 6.29. The van der Waals surface area contributed by atoms with Gasteiger partial charge >= 0.3 is 0 Å². The molecule has 1 aromatic carbocycles. The molecule has 1 heterocycles. The molecule has 0 saturated carbocycles. The summed E-state index contributed by atoms with van der Waals surface area (Å²) < 4.78 is 5.41. The number of amides is 1. The molecule has 1 unspecified atom stereocenters. The van der Waals surface area contributed by atoms with Crippen LogP contribution in [0.1, 0.15) is 25.5 Å². The van der Waals surface area contributed by atoms with Crippen LogP contribution in [0.4, 0.5) is 11.5 Å². The molecule has 1 aromatic heterocycles. The van der Waals surface area contributed by atoms with Gasteiger partial charge < -0.3 is 10.1 Å². The number of anilines is 2. The fraction of sp³-hybridized carbons (Fsp3) is 0.278. The fourth-order valence-electron chi connectivity index (χ4n) is 2.46. The van der Waals surface area contributed by atoms with Crippen LogP contribution >= 0.6 is 11.6 Å². The molecule has 0 radical (unpaired) electrons. The van der Waals surface area contributed by atoms with Gasteiger partial charge in [0.2, 0.25) is 6.41 Å². The Labute approximate surface area is 152 Å². The molecule has 1 atom stereocenters. The van der Waals surface area contributed by atoms with E-state index in [1.807, 2.05) is 38.1 Å². The summed E-state index contributed by atoms with van der Waals surface area (Å²) in [7, 11) is 3.28. The number of ether oxygens (including phenoxy) is 1. The van der Waals surface area contributed by atoms with Crippen molar-refractivity contribution in [2.24, 2.45) is 4.99 Å². The molecule has 1 amide bonds. The van der Waals surface area contributed by atoms with Gasteiger partial charge in [0.15, 0.2) is 5.82 Å². The average molecular weight is 361 g/mol. The molecule has 0 aliphatic rings. The van der Waals surface area contributed by atoms with E-state index in [9.17, 15) is 4.79 Å². The Morgan fingerprint density at radius 1 is 1.36 bits per heavy atom. The smallest absolute Gasteiger partial charge is 0.215 e. The minimum absolute atomic E-state index is 0.297. The Kier molecular flexibility index (Phi) is 6.36. The van der Waals surface area contributed by atoms with Crippen LogP contribution in [0.5, 0.6) is 5.75 Å². The summed E-state index contributed by atoms with van der Waals surface area (Å²) in [4.78, 5) is 21.8. The van der Waals surface area contributed by atoms with E-state index in [1.54, 1.807) is 26.3 Å². The van der Waals surface area contributed by atoms with Gasteiger partial charge in [0.25, 0.3) is 0 Å². The van der Waals surface area contributed by atoms with E-state index in [-0.39, 0.29) is 6.04 Å². The highest BCUT2D eigenvalue weighted by Crippen LogP contribution is 2.34. The topological polar surface area (TPSA) is 66.8 Å². The molecule has 132 valence electrons. The average Bonchev–Trinajstić information content (AvgIpc) is 2.64. The Balaban J connectivity index is 2.49. The first-order chi connectivity index (χ1) is 12.0. The van der Waals surface area contributed by atoms with Crippen molar-refractivity contribution in [1.82, 2.24) is 4.98 Å². The van der Waals surface area contributed by atoms with Crippen LogP contribution in [0.2, 0.25) is 5.15 Å². The van der Waals surface area contributed by atoms with Crippen molar-refractivity contribution in [3.63, 3.8) is 0 Å². The van der Waals surface area contributed by atoms with E-state index < -0.39 is 0 Å². The number of amidine groups is 1. The Hall–Kier alpha value is -2.60. The zero-order valence-electron chi connectivity index (χ0n) is 14.7. The quantitative estimate of drug-likeness (QED) is 0.367. The van der Waals surface area contributed by atoms with Gasteiger partial charge in [-0.05, 0) is 32.0 Å². The number of halogens is 1. The van der Waals surface area contributed by atoms with Crippen LogP contribution in [0.15, 0.2) is 41.4 Å². The number of nitrogens with one attached hydrogen (secondary N) is 1. The molecule has 0 saturated heterocycles. The summed E-state index contributed by atoms with van der Waals surface area (Å²) >= 11 is 6.06. The highest BCUT2D eigenvalue weighted by Gasteiger charge is 2.23. The maximum absolute atomic E-state index is 11.9. The van der Waals surface area contributed by atoms with Gasteiger partial charge in [-0.1, -0.05) is 29.8 Å². The van der Waals surface area contributed by atoms with Crippen LogP contribution in [0.3, 0.4) is 0 Å². The molecule has 0 aliphatic heterocycles. The van der Waals surface area contributed by atoms with Gasteiger partial charge in [-0.2, -0.15) is 0 Å². The third-order valence-corrected chi connectivity index (χ3v) is 4.07. The molecule has 2 rings (SSSR count). The van der Waals surface area contributed by atoms with Crippen molar-refractivity contribution in [3.05, 3.63) is 47.1 Å². The monoisotopic (exact) mass is 360 g/mol. The van der Waals surface area contributed by atoms with Crippen LogP contribution in [-0.4, -0.2) is 31.4 Å². The number of aromatic nitrogens is 1. The third kappa shape index (κ3) is 4.28. The third-order valence-electron chi connectivity index (χ3n) is 3.86. The molecular weight excluding hydrogens is 340 g/mol. The summed E-state index contributed by atoms with van der Waals surface area (Å²) in [5.74, 6) is 1.81. The number of nitrogens with zero attached hydrogens (tertiary/aromatic N) is 3. The van der Waals surface area contributed by atoms with Crippen LogP contribution in [0, 0.1) is 0 Å².